The van der Waals surface area contributed by atoms with Gasteiger partial charge in [0.05, 0.1) is 18.2 Å². The van der Waals surface area contributed by atoms with Crippen molar-refractivity contribution in [2.45, 2.75) is 19.9 Å². The van der Waals surface area contributed by atoms with Crippen LogP contribution in [-0.2, 0) is 6.54 Å². The van der Waals surface area contributed by atoms with Crippen LogP contribution in [0, 0.1) is 18.3 Å². The zero-order valence-electron chi connectivity index (χ0n) is 10.3. The second kappa shape index (κ2) is 5.87. The lowest BCUT2D eigenvalue weighted by Crippen LogP contribution is -2.05. The first-order valence-electron chi connectivity index (χ1n) is 5.90. The molecule has 0 N–H and O–H groups in total. The molecule has 18 heavy (non-hydrogen) atoms. The van der Waals surface area contributed by atoms with Crippen molar-refractivity contribution in [1.82, 2.24) is 9.55 Å². The van der Waals surface area contributed by atoms with Crippen LogP contribution in [0.25, 0.3) is 0 Å². The van der Waals surface area contributed by atoms with Gasteiger partial charge < -0.3 is 9.30 Å². The molecule has 0 saturated carbocycles. The van der Waals surface area contributed by atoms with E-state index in [0.717, 1.165) is 24.5 Å². The minimum atomic E-state index is 0.649. The molecular formula is C14H15N3O. The molecule has 1 aromatic heterocycles. The second-order valence-electron chi connectivity index (χ2n) is 4.01. The minimum absolute atomic E-state index is 0.649. The van der Waals surface area contributed by atoms with Crippen molar-refractivity contribution in [3.8, 4) is 11.8 Å². The van der Waals surface area contributed by atoms with E-state index in [1.165, 1.54) is 0 Å². The number of hydrogen-bond donors (Lipinski definition) is 0. The Balaban J connectivity index is 1.75. The van der Waals surface area contributed by atoms with E-state index in [1.807, 2.05) is 25.3 Å². The van der Waals surface area contributed by atoms with Gasteiger partial charge in [-0.2, -0.15) is 5.26 Å². The Morgan fingerprint density at radius 2 is 2.11 bits per heavy atom. The topological polar surface area (TPSA) is 50.8 Å². The van der Waals surface area contributed by atoms with Crippen molar-refractivity contribution in [3.05, 3.63) is 48.0 Å². The fourth-order valence-electron chi connectivity index (χ4n) is 1.69. The summed E-state index contributed by atoms with van der Waals surface area (Å²) in [6, 6.07) is 9.24. The summed E-state index contributed by atoms with van der Waals surface area (Å²) in [7, 11) is 0. The van der Waals surface area contributed by atoms with Gasteiger partial charge in [0.2, 0.25) is 0 Å². The predicted octanol–water partition coefficient (Wildman–Crippen LogP) is 2.53. The average Bonchev–Trinajstić information content (AvgIpc) is 2.81. The molecule has 0 aliphatic rings. The maximum atomic E-state index is 8.67. The fourth-order valence-corrected chi connectivity index (χ4v) is 1.69. The molecule has 0 amide bonds. The van der Waals surface area contributed by atoms with Gasteiger partial charge in [-0.1, -0.05) is 0 Å². The molecule has 2 rings (SSSR count). The quantitative estimate of drug-likeness (QED) is 0.756. The third-order valence-electron chi connectivity index (χ3n) is 2.72. The van der Waals surface area contributed by atoms with Crippen LogP contribution in [0.1, 0.15) is 17.8 Å². The summed E-state index contributed by atoms with van der Waals surface area (Å²) in [5, 5.41) is 8.67. The number of ether oxygens (including phenoxy) is 1. The van der Waals surface area contributed by atoms with Crippen LogP contribution in [0.4, 0.5) is 0 Å². The summed E-state index contributed by atoms with van der Waals surface area (Å²) >= 11 is 0. The van der Waals surface area contributed by atoms with E-state index in [4.69, 9.17) is 10.00 Å². The molecule has 0 fully saturated rings. The van der Waals surface area contributed by atoms with E-state index in [0.29, 0.717) is 12.2 Å². The molecule has 1 aromatic carbocycles. The lowest BCUT2D eigenvalue weighted by atomic mass is 10.2. The Morgan fingerprint density at radius 1 is 1.33 bits per heavy atom. The maximum Gasteiger partial charge on any atom is 0.119 e. The molecule has 1 heterocycles. The fraction of sp³-hybridized carbons (Fsp3) is 0.286. The highest BCUT2D eigenvalue weighted by atomic mass is 16.5. The lowest BCUT2D eigenvalue weighted by molar-refractivity contribution is 0.301. The number of nitrogens with zero attached hydrogens (tertiary/aromatic N) is 3. The van der Waals surface area contributed by atoms with Gasteiger partial charge >= 0.3 is 0 Å². The Morgan fingerprint density at radius 3 is 2.72 bits per heavy atom. The largest absolute Gasteiger partial charge is 0.494 e. The molecule has 0 spiro atoms. The van der Waals surface area contributed by atoms with E-state index in [2.05, 4.69) is 15.6 Å². The first kappa shape index (κ1) is 12.2. The van der Waals surface area contributed by atoms with Gasteiger partial charge in [-0.15, -0.1) is 0 Å². The molecule has 0 aliphatic heterocycles. The number of hydrogen-bond acceptors (Lipinski definition) is 3. The number of aromatic nitrogens is 2. The molecule has 0 radical (unpaired) electrons. The smallest absolute Gasteiger partial charge is 0.119 e. The Labute approximate surface area is 106 Å². The Hall–Kier alpha value is -2.28. The van der Waals surface area contributed by atoms with Gasteiger partial charge in [0.25, 0.3) is 0 Å². The molecule has 4 heteroatoms. The van der Waals surface area contributed by atoms with Crippen molar-refractivity contribution in [1.29, 1.82) is 5.26 Å². The van der Waals surface area contributed by atoms with E-state index in [1.54, 1.807) is 18.3 Å². The highest BCUT2D eigenvalue weighted by Crippen LogP contribution is 2.11. The van der Waals surface area contributed by atoms with Crippen molar-refractivity contribution < 1.29 is 4.74 Å². The van der Waals surface area contributed by atoms with Crippen LogP contribution in [0.15, 0.2) is 36.7 Å². The average molecular weight is 241 g/mol. The third kappa shape index (κ3) is 3.11. The normalized spacial score (nSPS) is 10.0. The molecular weight excluding hydrogens is 226 g/mol. The SMILES string of the molecule is Cc1nccn1CCCOc1ccc(C#N)cc1. The summed E-state index contributed by atoms with van der Waals surface area (Å²) in [5.41, 5.74) is 0.649. The van der Waals surface area contributed by atoms with E-state index < -0.39 is 0 Å². The van der Waals surface area contributed by atoms with Crippen molar-refractivity contribution in [2.75, 3.05) is 6.61 Å². The molecule has 92 valence electrons. The summed E-state index contributed by atoms with van der Waals surface area (Å²) in [4.78, 5) is 4.16. The van der Waals surface area contributed by atoms with Crippen molar-refractivity contribution in [2.24, 2.45) is 0 Å². The molecule has 4 nitrogen and oxygen atoms in total. The highest BCUT2D eigenvalue weighted by molar-refractivity contribution is 5.34. The maximum absolute atomic E-state index is 8.67. The van der Waals surface area contributed by atoms with Crippen LogP contribution in [0.3, 0.4) is 0 Å². The number of rotatable bonds is 5. The van der Waals surface area contributed by atoms with Crippen LogP contribution in [-0.4, -0.2) is 16.2 Å². The standard InChI is InChI=1S/C14H15N3O/c1-12-16-7-9-17(12)8-2-10-18-14-5-3-13(11-15)4-6-14/h3-7,9H,2,8,10H2,1H3. The summed E-state index contributed by atoms with van der Waals surface area (Å²) in [6.07, 6.45) is 4.70. The molecule has 0 unspecified atom stereocenters. The number of aryl methyl sites for hydroxylation is 2. The van der Waals surface area contributed by atoms with E-state index in [9.17, 15) is 0 Å². The molecule has 0 saturated heterocycles. The van der Waals surface area contributed by atoms with Gasteiger partial charge in [0.15, 0.2) is 0 Å². The molecule has 0 atom stereocenters. The van der Waals surface area contributed by atoms with E-state index in [-0.39, 0.29) is 0 Å². The summed E-state index contributed by atoms with van der Waals surface area (Å²) in [6.45, 7) is 3.55. The van der Waals surface area contributed by atoms with Gasteiger partial charge in [0, 0.05) is 18.9 Å². The highest BCUT2D eigenvalue weighted by Gasteiger charge is 1.98. The van der Waals surface area contributed by atoms with Gasteiger partial charge in [0.1, 0.15) is 11.6 Å². The molecule has 2 aromatic rings. The van der Waals surface area contributed by atoms with Crippen LogP contribution >= 0.6 is 0 Å². The lowest BCUT2D eigenvalue weighted by Gasteiger charge is -2.07. The van der Waals surface area contributed by atoms with Crippen LogP contribution < -0.4 is 4.74 Å². The number of imidazole rings is 1. The first-order valence-corrected chi connectivity index (χ1v) is 5.90. The van der Waals surface area contributed by atoms with Crippen molar-refractivity contribution >= 4 is 0 Å². The zero-order valence-corrected chi connectivity index (χ0v) is 10.3. The Kier molecular flexibility index (Phi) is 3.98. The van der Waals surface area contributed by atoms with Crippen molar-refractivity contribution in [3.63, 3.8) is 0 Å². The predicted molar refractivity (Wildman–Crippen MR) is 68.2 cm³/mol. The zero-order chi connectivity index (χ0) is 12.8. The Bertz CT molecular complexity index is 537. The second-order valence-corrected chi connectivity index (χ2v) is 4.01. The molecule has 0 aliphatic carbocycles. The first-order chi connectivity index (χ1) is 8.79. The number of benzene rings is 1. The van der Waals surface area contributed by atoms with Gasteiger partial charge in [-0.3, -0.25) is 0 Å². The van der Waals surface area contributed by atoms with Gasteiger partial charge in [-0.25, -0.2) is 4.98 Å². The summed E-state index contributed by atoms with van der Waals surface area (Å²) < 4.78 is 7.70. The third-order valence-corrected chi connectivity index (χ3v) is 2.72. The van der Waals surface area contributed by atoms with Crippen LogP contribution in [0.5, 0.6) is 5.75 Å². The number of nitriles is 1. The van der Waals surface area contributed by atoms with Crippen LogP contribution in [0.2, 0.25) is 0 Å². The summed E-state index contributed by atoms with van der Waals surface area (Å²) in [5.74, 6) is 1.82. The minimum Gasteiger partial charge on any atom is -0.494 e. The monoisotopic (exact) mass is 241 g/mol. The van der Waals surface area contributed by atoms with Gasteiger partial charge in [-0.05, 0) is 37.6 Å². The molecule has 0 bridgehead atoms. The van der Waals surface area contributed by atoms with E-state index >= 15 is 0 Å².